The smallest absolute Gasteiger partial charge is 0.246 e. The average Bonchev–Trinajstić information content (AvgIpc) is 2.57. The van der Waals surface area contributed by atoms with Gasteiger partial charge in [0, 0.05) is 18.3 Å². The van der Waals surface area contributed by atoms with Crippen LogP contribution in [0, 0.1) is 5.82 Å². The molecular formula is C20H24FN3O2. The van der Waals surface area contributed by atoms with Crippen LogP contribution in [0.5, 0.6) is 0 Å². The van der Waals surface area contributed by atoms with E-state index < -0.39 is 11.9 Å². The zero-order chi connectivity index (χ0) is 19.3. The summed E-state index contributed by atoms with van der Waals surface area (Å²) in [6, 6.07) is 11.4. The van der Waals surface area contributed by atoms with Crippen molar-refractivity contribution in [2.75, 3.05) is 16.0 Å². The van der Waals surface area contributed by atoms with Gasteiger partial charge in [0.1, 0.15) is 11.9 Å². The van der Waals surface area contributed by atoms with E-state index in [9.17, 15) is 14.0 Å². The fraction of sp³-hybridized carbons (Fsp3) is 0.300. The van der Waals surface area contributed by atoms with E-state index in [1.165, 1.54) is 30.7 Å². The van der Waals surface area contributed by atoms with Crippen molar-refractivity contribution in [3.8, 4) is 0 Å². The van der Waals surface area contributed by atoms with Crippen LogP contribution in [0.3, 0.4) is 0 Å². The fourth-order valence-electron chi connectivity index (χ4n) is 2.42. The minimum atomic E-state index is -0.546. The van der Waals surface area contributed by atoms with E-state index in [0.717, 1.165) is 0 Å². The Hall–Kier alpha value is -2.89. The minimum absolute atomic E-state index is 0.0689. The highest BCUT2D eigenvalue weighted by molar-refractivity contribution is 5.96. The third kappa shape index (κ3) is 5.31. The summed E-state index contributed by atoms with van der Waals surface area (Å²) in [5.41, 5.74) is 2.52. The van der Waals surface area contributed by atoms with Crippen molar-refractivity contribution in [2.45, 2.75) is 39.7 Å². The van der Waals surface area contributed by atoms with Gasteiger partial charge in [-0.1, -0.05) is 26.0 Å². The second-order valence-electron chi connectivity index (χ2n) is 6.51. The second-order valence-corrected chi connectivity index (χ2v) is 6.51. The second kappa shape index (κ2) is 8.47. The molecule has 0 unspecified atom stereocenters. The maximum atomic E-state index is 13.7. The number of hydrogen-bond acceptors (Lipinski definition) is 3. The molecule has 2 rings (SSSR count). The van der Waals surface area contributed by atoms with Crippen molar-refractivity contribution in [3.63, 3.8) is 0 Å². The van der Waals surface area contributed by atoms with E-state index in [4.69, 9.17) is 0 Å². The number of amides is 2. The average molecular weight is 357 g/mol. The summed E-state index contributed by atoms with van der Waals surface area (Å²) in [7, 11) is 0. The van der Waals surface area contributed by atoms with E-state index in [0.29, 0.717) is 17.3 Å². The zero-order valence-electron chi connectivity index (χ0n) is 15.4. The molecule has 2 aromatic rings. The lowest BCUT2D eigenvalue weighted by Crippen LogP contribution is -2.31. The lowest BCUT2D eigenvalue weighted by molar-refractivity contribution is -0.116. The minimum Gasteiger partial charge on any atom is -0.374 e. The Morgan fingerprint density at radius 3 is 2.12 bits per heavy atom. The third-order valence-electron chi connectivity index (χ3n) is 3.90. The van der Waals surface area contributed by atoms with Gasteiger partial charge in [-0.15, -0.1) is 0 Å². The summed E-state index contributed by atoms with van der Waals surface area (Å²) >= 11 is 0. The maximum Gasteiger partial charge on any atom is 0.246 e. The van der Waals surface area contributed by atoms with Crippen LogP contribution in [0.4, 0.5) is 21.5 Å². The first-order chi connectivity index (χ1) is 12.3. The first-order valence-electron chi connectivity index (χ1n) is 8.50. The van der Waals surface area contributed by atoms with Crippen LogP contribution < -0.4 is 16.0 Å². The number of hydrogen-bond donors (Lipinski definition) is 3. The summed E-state index contributed by atoms with van der Waals surface area (Å²) in [5, 5.41) is 8.26. The first-order valence-corrected chi connectivity index (χ1v) is 8.50. The molecule has 0 aliphatic carbocycles. The lowest BCUT2D eigenvalue weighted by atomic mass is 10.0. The van der Waals surface area contributed by atoms with E-state index in [-0.39, 0.29) is 17.5 Å². The topological polar surface area (TPSA) is 70.2 Å². The molecular weight excluding hydrogens is 333 g/mol. The van der Waals surface area contributed by atoms with Crippen LogP contribution >= 0.6 is 0 Å². The number of nitrogens with one attached hydrogen (secondary N) is 3. The predicted octanol–water partition coefficient (Wildman–Crippen LogP) is 4.35. The van der Waals surface area contributed by atoms with Crippen molar-refractivity contribution in [2.24, 2.45) is 0 Å². The monoisotopic (exact) mass is 357 g/mol. The number of carbonyl (C=O) groups is 2. The van der Waals surface area contributed by atoms with Gasteiger partial charge in [0.15, 0.2) is 0 Å². The lowest BCUT2D eigenvalue weighted by Gasteiger charge is -2.16. The maximum absolute atomic E-state index is 13.7. The highest BCUT2D eigenvalue weighted by Gasteiger charge is 2.14. The molecule has 0 aromatic heterocycles. The van der Waals surface area contributed by atoms with Crippen molar-refractivity contribution in [1.82, 2.24) is 0 Å². The van der Waals surface area contributed by atoms with Gasteiger partial charge in [-0.05, 0) is 48.7 Å². The Morgan fingerprint density at radius 1 is 0.923 bits per heavy atom. The van der Waals surface area contributed by atoms with Crippen LogP contribution in [-0.4, -0.2) is 17.9 Å². The van der Waals surface area contributed by atoms with Crippen LogP contribution in [0.1, 0.15) is 39.2 Å². The number of carbonyl (C=O) groups excluding carboxylic acids is 2. The van der Waals surface area contributed by atoms with Crippen molar-refractivity contribution in [3.05, 3.63) is 53.8 Å². The fourth-order valence-corrected chi connectivity index (χ4v) is 2.42. The van der Waals surface area contributed by atoms with E-state index in [1.54, 1.807) is 6.92 Å². The summed E-state index contributed by atoms with van der Waals surface area (Å²) < 4.78 is 13.7. The molecule has 2 aromatic carbocycles. The highest BCUT2D eigenvalue weighted by atomic mass is 19.1. The van der Waals surface area contributed by atoms with Crippen molar-refractivity contribution >= 4 is 28.9 Å². The summed E-state index contributed by atoms with van der Waals surface area (Å²) in [5.74, 6) is -0.686. The van der Waals surface area contributed by atoms with Crippen LogP contribution in [0.15, 0.2) is 42.5 Å². The van der Waals surface area contributed by atoms with Crippen LogP contribution in [0.2, 0.25) is 0 Å². The molecule has 0 radical (unpaired) electrons. The zero-order valence-corrected chi connectivity index (χ0v) is 15.4. The van der Waals surface area contributed by atoms with E-state index in [2.05, 4.69) is 29.8 Å². The molecule has 2 amide bonds. The molecule has 1 atom stereocenters. The molecule has 0 bridgehead atoms. The quantitative estimate of drug-likeness (QED) is 0.720. The van der Waals surface area contributed by atoms with Gasteiger partial charge in [-0.25, -0.2) is 4.39 Å². The predicted molar refractivity (Wildman–Crippen MR) is 103 cm³/mol. The Morgan fingerprint density at radius 2 is 1.54 bits per heavy atom. The van der Waals surface area contributed by atoms with E-state index in [1.807, 2.05) is 24.3 Å². The Bertz CT molecular complexity index is 788. The molecule has 0 fully saturated rings. The normalized spacial score (nSPS) is 11.8. The van der Waals surface area contributed by atoms with Gasteiger partial charge in [-0.3, -0.25) is 9.59 Å². The number of halogens is 1. The highest BCUT2D eigenvalue weighted by Crippen LogP contribution is 2.21. The molecule has 0 saturated heterocycles. The Labute approximate surface area is 153 Å². The molecule has 6 heteroatoms. The van der Waals surface area contributed by atoms with Gasteiger partial charge in [0.25, 0.3) is 0 Å². The Balaban J connectivity index is 2.01. The molecule has 0 aliphatic rings. The van der Waals surface area contributed by atoms with Crippen molar-refractivity contribution in [1.29, 1.82) is 0 Å². The number of rotatable bonds is 6. The molecule has 0 aliphatic heterocycles. The number of anilines is 3. The van der Waals surface area contributed by atoms with Crippen molar-refractivity contribution < 1.29 is 14.0 Å². The largest absolute Gasteiger partial charge is 0.374 e. The van der Waals surface area contributed by atoms with E-state index >= 15 is 0 Å². The molecule has 3 N–H and O–H groups in total. The first kappa shape index (κ1) is 19.4. The Kier molecular flexibility index (Phi) is 6.33. The molecule has 0 saturated carbocycles. The standard InChI is InChI=1S/C20H24FN3O2/c1-12(2)15-5-7-16(8-6-15)24-20(26)13(3)22-17-9-10-18(21)19(11-17)23-14(4)25/h5-13,22H,1-4H3,(H,23,25)(H,24,26)/t13-/m0/s1. The molecule has 26 heavy (non-hydrogen) atoms. The van der Waals surface area contributed by atoms with Gasteiger partial charge in [-0.2, -0.15) is 0 Å². The molecule has 5 nitrogen and oxygen atoms in total. The third-order valence-corrected chi connectivity index (χ3v) is 3.90. The number of benzene rings is 2. The SMILES string of the molecule is CC(=O)Nc1cc(N[C@@H](C)C(=O)Nc2ccc(C(C)C)cc2)ccc1F. The van der Waals surface area contributed by atoms with Crippen LogP contribution in [0.25, 0.3) is 0 Å². The molecule has 0 spiro atoms. The summed E-state index contributed by atoms with van der Waals surface area (Å²) in [4.78, 5) is 23.5. The van der Waals surface area contributed by atoms with Crippen LogP contribution in [-0.2, 0) is 9.59 Å². The van der Waals surface area contributed by atoms with Gasteiger partial charge in [0.05, 0.1) is 5.69 Å². The summed E-state index contributed by atoms with van der Waals surface area (Å²) in [6.07, 6.45) is 0. The van der Waals surface area contributed by atoms with Gasteiger partial charge >= 0.3 is 0 Å². The molecule has 0 heterocycles. The van der Waals surface area contributed by atoms with Gasteiger partial charge in [0.2, 0.25) is 11.8 Å². The summed E-state index contributed by atoms with van der Waals surface area (Å²) in [6.45, 7) is 7.23. The van der Waals surface area contributed by atoms with Gasteiger partial charge < -0.3 is 16.0 Å². The molecule has 138 valence electrons.